The highest BCUT2D eigenvalue weighted by Crippen LogP contribution is 2.21. The Bertz CT molecular complexity index is 520. The second kappa shape index (κ2) is 5.66. The van der Waals surface area contributed by atoms with Gasteiger partial charge in [0.1, 0.15) is 4.90 Å². The number of hydrogen-bond donors (Lipinski definition) is 1. The number of para-hydroxylation sites is 1. The monoisotopic (exact) mass is 253 g/mol. The summed E-state index contributed by atoms with van der Waals surface area (Å²) in [7, 11) is -3.60. The number of anilines is 1. The van der Waals surface area contributed by atoms with Gasteiger partial charge in [-0.15, -0.1) is 0 Å². The molecule has 0 saturated carbocycles. The summed E-state index contributed by atoms with van der Waals surface area (Å²) in [5.74, 6) is 0. The molecular weight excluding hydrogens is 238 g/mol. The van der Waals surface area contributed by atoms with Gasteiger partial charge in [0.05, 0.1) is 11.8 Å². The lowest BCUT2D eigenvalue weighted by Crippen LogP contribution is -2.32. The van der Waals surface area contributed by atoms with Gasteiger partial charge in [-0.1, -0.05) is 19.1 Å². The van der Waals surface area contributed by atoms with Crippen molar-refractivity contribution in [1.29, 1.82) is 5.26 Å². The lowest BCUT2D eigenvalue weighted by molar-refractivity contribution is 0.435. The second-order valence-electron chi connectivity index (χ2n) is 3.44. The van der Waals surface area contributed by atoms with Crippen molar-refractivity contribution in [2.24, 2.45) is 0 Å². The molecule has 5 nitrogen and oxygen atoms in total. The smallest absolute Gasteiger partial charge is 0.245 e. The molecule has 1 aromatic rings. The normalized spacial score (nSPS) is 11.4. The SMILES string of the molecule is CCN(CCC#N)S(=O)(=O)c1ccccc1N. The molecule has 0 saturated heterocycles. The average Bonchev–Trinajstić information content (AvgIpc) is 2.30. The van der Waals surface area contributed by atoms with Crippen LogP contribution in [0.5, 0.6) is 0 Å². The number of benzene rings is 1. The number of nitriles is 1. The van der Waals surface area contributed by atoms with E-state index in [0.29, 0.717) is 6.54 Å². The van der Waals surface area contributed by atoms with Crippen molar-refractivity contribution < 1.29 is 8.42 Å². The number of rotatable bonds is 5. The van der Waals surface area contributed by atoms with Crippen LogP contribution in [0.4, 0.5) is 5.69 Å². The molecule has 0 spiro atoms. The standard InChI is InChI=1S/C11H15N3O2S/c1-2-14(9-5-8-12)17(15,16)11-7-4-3-6-10(11)13/h3-4,6-7H,2,5,9,13H2,1H3. The van der Waals surface area contributed by atoms with Crippen LogP contribution in [-0.4, -0.2) is 25.8 Å². The number of sulfonamides is 1. The third kappa shape index (κ3) is 2.96. The van der Waals surface area contributed by atoms with Crippen molar-refractivity contribution in [2.75, 3.05) is 18.8 Å². The number of nitrogens with zero attached hydrogens (tertiary/aromatic N) is 2. The summed E-state index contributed by atoms with van der Waals surface area (Å²) < 4.78 is 25.7. The van der Waals surface area contributed by atoms with Crippen LogP contribution in [0, 0.1) is 11.3 Å². The molecule has 17 heavy (non-hydrogen) atoms. The Morgan fingerprint density at radius 3 is 2.59 bits per heavy atom. The summed E-state index contributed by atoms with van der Waals surface area (Å²) in [6.45, 7) is 2.23. The Labute approximate surface area is 102 Å². The van der Waals surface area contributed by atoms with E-state index in [0.717, 1.165) is 0 Å². The molecule has 6 heteroatoms. The molecule has 0 fully saturated rings. The fraction of sp³-hybridized carbons (Fsp3) is 0.364. The zero-order valence-corrected chi connectivity index (χ0v) is 10.4. The van der Waals surface area contributed by atoms with E-state index >= 15 is 0 Å². The first kappa shape index (κ1) is 13.5. The molecular formula is C11H15N3O2S. The highest BCUT2D eigenvalue weighted by Gasteiger charge is 2.24. The van der Waals surface area contributed by atoms with E-state index in [2.05, 4.69) is 0 Å². The Kier molecular flexibility index (Phi) is 4.49. The topological polar surface area (TPSA) is 87.2 Å². The first-order chi connectivity index (χ1) is 8.04. The third-order valence-corrected chi connectivity index (χ3v) is 4.41. The van der Waals surface area contributed by atoms with Crippen LogP contribution in [0.15, 0.2) is 29.2 Å². The molecule has 2 N–H and O–H groups in total. The zero-order chi connectivity index (χ0) is 12.9. The first-order valence-electron chi connectivity index (χ1n) is 5.25. The molecule has 0 unspecified atom stereocenters. The van der Waals surface area contributed by atoms with Crippen LogP contribution in [-0.2, 0) is 10.0 Å². The molecule has 92 valence electrons. The van der Waals surface area contributed by atoms with Gasteiger partial charge in [0, 0.05) is 19.5 Å². The van der Waals surface area contributed by atoms with E-state index in [9.17, 15) is 8.42 Å². The quantitative estimate of drug-likeness (QED) is 0.798. The maximum absolute atomic E-state index is 12.2. The van der Waals surface area contributed by atoms with Crippen LogP contribution in [0.2, 0.25) is 0 Å². The van der Waals surface area contributed by atoms with E-state index in [4.69, 9.17) is 11.0 Å². The Morgan fingerprint density at radius 2 is 2.06 bits per heavy atom. The van der Waals surface area contributed by atoms with Gasteiger partial charge in [-0.25, -0.2) is 8.42 Å². The molecule has 1 aromatic carbocycles. The van der Waals surface area contributed by atoms with Crippen molar-refractivity contribution in [3.63, 3.8) is 0 Å². The molecule has 1 rings (SSSR count). The maximum atomic E-state index is 12.2. The maximum Gasteiger partial charge on any atom is 0.245 e. The molecule has 0 aliphatic carbocycles. The van der Waals surface area contributed by atoms with E-state index in [-0.39, 0.29) is 23.5 Å². The van der Waals surface area contributed by atoms with Gasteiger partial charge in [0.15, 0.2) is 0 Å². The van der Waals surface area contributed by atoms with Crippen LogP contribution >= 0.6 is 0 Å². The Hall–Kier alpha value is -1.58. The lowest BCUT2D eigenvalue weighted by Gasteiger charge is -2.20. The molecule has 0 radical (unpaired) electrons. The second-order valence-corrected chi connectivity index (χ2v) is 5.35. The molecule has 0 heterocycles. The van der Waals surface area contributed by atoms with Crippen LogP contribution < -0.4 is 5.73 Å². The summed E-state index contributed by atoms with van der Waals surface area (Å²) in [6, 6.07) is 8.26. The molecule has 0 aromatic heterocycles. The lowest BCUT2D eigenvalue weighted by atomic mass is 10.3. The first-order valence-corrected chi connectivity index (χ1v) is 6.69. The highest BCUT2D eigenvalue weighted by atomic mass is 32.2. The number of hydrogen-bond acceptors (Lipinski definition) is 4. The van der Waals surface area contributed by atoms with Gasteiger partial charge in [0.2, 0.25) is 10.0 Å². The van der Waals surface area contributed by atoms with Gasteiger partial charge in [-0.3, -0.25) is 0 Å². The summed E-state index contributed by atoms with van der Waals surface area (Å²) >= 11 is 0. The van der Waals surface area contributed by atoms with Gasteiger partial charge >= 0.3 is 0 Å². The van der Waals surface area contributed by atoms with Gasteiger partial charge in [0.25, 0.3) is 0 Å². The van der Waals surface area contributed by atoms with Crippen LogP contribution in [0.1, 0.15) is 13.3 Å². The summed E-state index contributed by atoms with van der Waals surface area (Å²) in [5.41, 5.74) is 5.88. The minimum absolute atomic E-state index is 0.0970. The molecule has 0 aliphatic rings. The Morgan fingerprint density at radius 1 is 1.41 bits per heavy atom. The van der Waals surface area contributed by atoms with Crippen LogP contribution in [0.25, 0.3) is 0 Å². The molecule has 0 atom stereocenters. The Balaban J connectivity index is 3.10. The number of nitrogens with two attached hydrogens (primary N) is 1. The van der Waals surface area contributed by atoms with E-state index in [1.54, 1.807) is 25.1 Å². The molecule has 0 bridgehead atoms. The fourth-order valence-electron chi connectivity index (χ4n) is 1.48. The van der Waals surface area contributed by atoms with Gasteiger partial charge in [-0.2, -0.15) is 9.57 Å². The van der Waals surface area contributed by atoms with Crippen molar-refractivity contribution in [2.45, 2.75) is 18.2 Å². The van der Waals surface area contributed by atoms with Gasteiger partial charge < -0.3 is 5.73 Å². The van der Waals surface area contributed by atoms with Crippen molar-refractivity contribution in [1.82, 2.24) is 4.31 Å². The number of nitrogen functional groups attached to an aromatic ring is 1. The van der Waals surface area contributed by atoms with Crippen LogP contribution in [0.3, 0.4) is 0 Å². The van der Waals surface area contributed by atoms with Crippen molar-refractivity contribution >= 4 is 15.7 Å². The van der Waals surface area contributed by atoms with E-state index in [1.807, 2.05) is 6.07 Å². The summed E-state index contributed by atoms with van der Waals surface area (Å²) in [6.07, 6.45) is 0.166. The average molecular weight is 253 g/mol. The summed E-state index contributed by atoms with van der Waals surface area (Å²) in [5, 5.41) is 8.51. The summed E-state index contributed by atoms with van der Waals surface area (Å²) in [4.78, 5) is 0.0970. The van der Waals surface area contributed by atoms with E-state index in [1.165, 1.54) is 10.4 Å². The third-order valence-electron chi connectivity index (χ3n) is 2.36. The van der Waals surface area contributed by atoms with E-state index < -0.39 is 10.0 Å². The fourth-order valence-corrected chi connectivity index (χ4v) is 3.04. The predicted molar refractivity (Wildman–Crippen MR) is 65.5 cm³/mol. The highest BCUT2D eigenvalue weighted by molar-refractivity contribution is 7.89. The van der Waals surface area contributed by atoms with Gasteiger partial charge in [-0.05, 0) is 12.1 Å². The van der Waals surface area contributed by atoms with Crippen molar-refractivity contribution in [3.05, 3.63) is 24.3 Å². The minimum Gasteiger partial charge on any atom is -0.398 e. The predicted octanol–water partition coefficient (Wildman–Crippen LogP) is 1.19. The van der Waals surface area contributed by atoms with Crippen molar-refractivity contribution in [3.8, 4) is 6.07 Å². The zero-order valence-electron chi connectivity index (χ0n) is 9.63. The molecule has 0 aliphatic heterocycles. The molecule has 0 amide bonds. The largest absolute Gasteiger partial charge is 0.398 e. The minimum atomic E-state index is -3.60.